The van der Waals surface area contributed by atoms with Crippen molar-refractivity contribution < 1.29 is 9.53 Å². The Hall–Kier alpha value is -2.41. The summed E-state index contributed by atoms with van der Waals surface area (Å²) in [5.41, 5.74) is 7.86. The maximum absolute atomic E-state index is 12.9. The lowest BCUT2D eigenvalue weighted by Gasteiger charge is -2.15. The highest BCUT2D eigenvalue weighted by Gasteiger charge is 2.30. The number of nitrogens with zero attached hydrogens (tertiary/aromatic N) is 4. The maximum atomic E-state index is 12.9. The second kappa shape index (κ2) is 7.86. The van der Waals surface area contributed by atoms with Gasteiger partial charge in [0.1, 0.15) is 5.75 Å². The summed E-state index contributed by atoms with van der Waals surface area (Å²) < 4.78 is 7.42. The molecule has 140 valence electrons. The van der Waals surface area contributed by atoms with E-state index in [1.807, 2.05) is 49.9 Å². The molecule has 26 heavy (non-hydrogen) atoms. The molecule has 1 aromatic carbocycles. The fourth-order valence-corrected chi connectivity index (χ4v) is 3.29. The lowest BCUT2D eigenvalue weighted by molar-refractivity contribution is 0.0780. The zero-order valence-corrected chi connectivity index (χ0v) is 15.7. The van der Waals surface area contributed by atoms with Gasteiger partial charge in [0.2, 0.25) is 0 Å². The van der Waals surface area contributed by atoms with Crippen LogP contribution >= 0.6 is 0 Å². The molecule has 2 heterocycles. The Morgan fingerprint density at radius 3 is 2.65 bits per heavy atom. The summed E-state index contributed by atoms with van der Waals surface area (Å²) in [6.45, 7) is 8.04. The third-order valence-electron chi connectivity index (χ3n) is 4.66. The molecule has 7 heteroatoms. The van der Waals surface area contributed by atoms with Crippen LogP contribution in [0.15, 0.2) is 24.3 Å². The number of rotatable bonds is 6. The van der Waals surface area contributed by atoms with E-state index in [0.29, 0.717) is 31.1 Å². The highest BCUT2D eigenvalue weighted by Crippen LogP contribution is 2.22. The third kappa shape index (κ3) is 3.72. The number of carbonyl (C=O) groups is 1. The molecular weight excluding hydrogens is 330 g/mol. The molecule has 7 nitrogen and oxygen atoms in total. The third-order valence-corrected chi connectivity index (χ3v) is 4.66. The van der Waals surface area contributed by atoms with Gasteiger partial charge in [-0.25, -0.2) is 4.68 Å². The van der Waals surface area contributed by atoms with Gasteiger partial charge in [-0.2, -0.15) is 0 Å². The summed E-state index contributed by atoms with van der Waals surface area (Å²) in [5.74, 6) is 1.14. The van der Waals surface area contributed by atoms with Crippen LogP contribution in [-0.2, 0) is 6.42 Å². The molecule has 1 aliphatic rings. The summed E-state index contributed by atoms with van der Waals surface area (Å²) >= 11 is 0. The number of amides is 1. The van der Waals surface area contributed by atoms with Crippen molar-refractivity contribution in [2.75, 3.05) is 19.6 Å². The Morgan fingerprint density at radius 2 is 2.08 bits per heavy atom. The van der Waals surface area contributed by atoms with Gasteiger partial charge in [-0.15, -0.1) is 5.10 Å². The largest absolute Gasteiger partial charge is 0.491 e. The summed E-state index contributed by atoms with van der Waals surface area (Å²) in [5, 5.41) is 8.42. The van der Waals surface area contributed by atoms with Gasteiger partial charge in [0.05, 0.1) is 17.5 Å². The zero-order valence-electron chi connectivity index (χ0n) is 15.7. The molecule has 1 aliphatic heterocycles. The lowest BCUT2D eigenvalue weighted by Crippen LogP contribution is -2.31. The van der Waals surface area contributed by atoms with E-state index >= 15 is 0 Å². The topological polar surface area (TPSA) is 86.3 Å². The van der Waals surface area contributed by atoms with Crippen LogP contribution in [0.25, 0.3) is 5.69 Å². The second-order valence-corrected chi connectivity index (χ2v) is 6.95. The smallest absolute Gasteiger partial charge is 0.276 e. The van der Waals surface area contributed by atoms with E-state index in [1.54, 1.807) is 4.68 Å². The van der Waals surface area contributed by atoms with E-state index in [1.165, 1.54) is 0 Å². The van der Waals surface area contributed by atoms with Crippen molar-refractivity contribution in [1.29, 1.82) is 0 Å². The van der Waals surface area contributed by atoms with Crippen LogP contribution in [0.3, 0.4) is 0 Å². The van der Waals surface area contributed by atoms with Gasteiger partial charge in [-0.1, -0.05) is 12.1 Å². The molecule has 0 radical (unpaired) electrons. The summed E-state index contributed by atoms with van der Waals surface area (Å²) in [6.07, 6.45) is 1.75. The minimum absolute atomic E-state index is 0.0520. The number of hydrogen-bond acceptors (Lipinski definition) is 5. The number of carbonyl (C=O) groups excluding carboxylic acids is 1. The predicted octanol–water partition coefficient (Wildman–Crippen LogP) is 2.04. The fraction of sp³-hybridized carbons (Fsp3) is 0.526. The van der Waals surface area contributed by atoms with Crippen LogP contribution in [0, 0.1) is 5.92 Å². The quantitative estimate of drug-likeness (QED) is 0.855. The molecule has 0 bridgehead atoms. The van der Waals surface area contributed by atoms with E-state index in [9.17, 15) is 4.79 Å². The minimum atomic E-state index is -0.0520. The molecule has 1 amide bonds. The van der Waals surface area contributed by atoms with Gasteiger partial charge in [0.15, 0.2) is 5.69 Å². The number of nitrogens with two attached hydrogens (primary N) is 1. The normalized spacial score (nSPS) is 17.1. The van der Waals surface area contributed by atoms with E-state index in [2.05, 4.69) is 10.3 Å². The van der Waals surface area contributed by atoms with Crippen LogP contribution in [0.1, 0.15) is 43.4 Å². The van der Waals surface area contributed by atoms with Crippen molar-refractivity contribution in [3.05, 3.63) is 35.7 Å². The molecule has 2 aromatic rings. The molecule has 1 fully saturated rings. The Bertz CT molecular complexity index is 754. The first kappa shape index (κ1) is 18.4. The van der Waals surface area contributed by atoms with Crippen molar-refractivity contribution in [3.63, 3.8) is 0 Å². The Kier molecular flexibility index (Phi) is 5.56. The van der Waals surface area contributed by atoms with Crippen molar-refractivity contribution in [2.24, 2.45) is 11.7 Å². The standard InChI is InChI=1S/C19H27N5O2/c1-4-17-18(19(25)23-10-9-14(11-20)12-23)21-22-24(17)15-5-7-16(8-6-15)26-13(2)3/h5-8,13-14H,4,9-12,20H2,1-3H3. The zero-order chi connectivity index (χ0) is 18.7. The first-order valence-corrected chi connectivity index (χ1v) is 9.24. The van der Waals surface area contributed by atoms with Gasteiger partial charge in [-0.3, -0.25) is 4.79 Å². The molecular formula is C19H27N5O2. The molecule has 0 saturated carbocycles. The number of likely N-dealkylation sites (tertiary alicyclic amines) is 1. The SMILES string of the molecule is CCc1c(C(=O)N2CCC(CN)C2)nnn1-c1ccc(OC(C)C)cc1. The minimum Gasteiger partial charge on any atom is -0.491 e. The van der Waals surface area contributed by atoms with Crippen LogP contribution in [0.4, 0.5) is 0 Å². The summed E-state index contributed by atoms with van der Waals surface area (Å²) in [4.78, 5) is 14.7. The lowest BCUT2D eigenvalue weighted by atomic mass is 10.1. The molecule has 0 aliphatic carbocycles. The highest BCUT2D eigenvalue weighted by atomic mass is 16.5. The molecule has 1 saturated heterocycles. The molecule has 2 N–H and O–H groups in total. The van der Waals surface area contributed by atoms with Gasteiger partial charge in [-0.05, 0) is 63.4 Å². The summed E-state index contributed by atoms with van der Waals surface area (Å²) in [6, 6.07) is 7.68. The van der Waals surface area contributed by atoms with Gasteiger partial charge < -0.3 is 15.4 Å². The van der Waals surface area contributed by atoms with Crippen LogP contribution < -0.4 is 10.5 Å². The van der Waals surface area contributed by atoms with Gasteiger partial charge in [0.25, 0.3) is 5.91 Å². The van der Waals surface area contributed by atoms with Crippen molar-refractivity contribution in [3.8, 4) is 11.4 Å². The Balaban J connectivity index is 1.83. The predicted molar refractivity (Wildman–Crippen MR) is 99.6 cm³/mol. The van der Waals surface area contributed by atoms with Gasteiger partial charge >= 0.3 is 0 Å². The van der Waals surface area contributed by atoms with Gasteiger partial charge in [0, 0.05) is 13.1 Å². The summed E-state index contributed by atoms with van der Waals surface area (Å²) in [7, 11) is 0. The molecule has 1 unspecified atom stereocenters. The van der Waals surface area contributed by atoms with Crippen molar-refractivity contribution in [1.82, 2.24) is 19.9 Å². The first-order valence-electron chi connectivity index (χ1n) is 9.24. The van der Waals surface area contributed by atoms with Crippen LogP contribution in [0.5, 0.6) is 5.75 Å². The average molecular weight is 357 g/mol. The van der Waals surface area contributed by atoms with Crippen LogP contribution in [0.2, 0.25) is 0 Å². The maximum Gasteiger partial charge on any atom is 0.276 e. The molecule has 3 rings (SSSR count). The number of benzene rings is 1. The number of ether oxygens (including phenoxy) is 1. The van der Waals surface area contributed by atoms with Crippen LogP contribution in [-0.4, -0.2) is 51.5 Å². The fourth-order valence-electron chi connectivity index (χ4n) is 3.29. The number of aromatic nitrogens is 3. The monoisotopic (exact) mass is 357 g/mol. The molecule has 1 atom stereocenters. The number of hydrogen-bond donors (Lipinski definition) is 1. The van der Waals surface area contributed by atoms with E-state index in [-0.39, 0.29) is 12.0 Å². The first-order chi connectivity index (χ1) is 12.5. The van der Waals surface area contributed by atoms with E-state index in [4.69, 9.17) is 10.5 Å². The van der Waals surface area contributed by atoms with E-state index < -0.39 is 0 Å². The highest BCUT2D eigenvalue weighted by molar-refractivity contribution is 5.93. The Labute approximate surface area is 154 Å². The second-order valence-electron chi connectivity index (χ2n) is 6.95. The average Bonchev–Trinajstić information content (AvgIpc) is 3.28. The molecule has 0 spiro atoms. The molecule has 1 aromatic heterocycles. The van der Waals surface area contributed by atoms with Crippen molar-refractivity contribution >= 4 is 5.91 Å². The Morgan fingerprint density at radius 1 is 1.35 bits per heavy atom. The van der Waals surface area contributed by atoms with Crippen molar-refractivity contribution in [2.45, 2.75) is 39.7 Å². The van der Waals surface area contributed by atoms with E-state index in [0.717, 1.165) is 30.1 Å².